The molecule has 0 heterocycles. The van der Waals surface area contributed by atoms with E-state index in [2.05, 4.69) is 49.4 Å². The lowest BCUT2D eigenvalue weighted by molar-refractivity contribution is -0.133. The number of benzene rings is 2. The zero-order chi connectivity index (χ0) is 20.9. The molecule has 0 aromatic heterocycles. The molecule has 2 rings (SSSR count). The fourth-order valence-corrected chi connectivity index (χ4v) is 3.85. The van der Waals surface area contributed by atoms with E-state index in [9.17, 15) is 4.79 Å². The Hall–Kier alpha value is -1.91. The van der Waals surface area contributed by atoms with Gasteiger partial charge < -0.3 is 16.4 Å². The van der Waals surface area contributed by atoms with Crippen LogP contribution in [0, 0.1) is 0 Å². The van der Waals surface area contributed by atoms with E-state index in [4.69, 9.17) is 11.5 Å². The normalized spacial score (nSPS) is 12.2. The predicted molar refractivity (Wildman–Crippen MR) is 124 cm³/mol. The van der Waals surface area contributed by atoms with Crippen LogP contribution in [0.4, 0.5) is 0 Å². The number of amides is 1. The Morgan fingerprint density at radius 1 is 0.931 bits per heavy atom. The van der Waals surface area contributed by atoms with E-state index >= 15 is 0 Å². The highest BCUT2D eigenvalue weighted by Crippen LogP contribution is 2.21. The molecule has 0 bridgehead atoms. The minimum absolute atomic E-state index is 0.0727. The summed E-state index contributed by atoms with van der Waals surface area (Å²) in [4.78, 5) is 15.1. The van der Waals surface area contributed by atoms with E-state index in [1.165, 1.54) is 48.4 Å². The molecular weight excluding hydrogens is 358 g/mol. The van der Waals surface area contributed by atoms with Crippen LogP contribution in [0.1, 0.15) is 70.3 Å². The van der Waals surface area contributed by atoms with Gasteiger partial charge in [-0.3, -0.25) is 4.79 Å². The maximum absolute atomic E-state index is 13.1. The van der Waals surface area contributed by atoms with E-state index in [-0.39, 0.29) is 5.91 Å². The van der Waals surface area contributed by atoms with Gasteiger partial charge in [0, 0.05) is 13.1 Å². The fraction of sp³-hybridized carbons (Fsp3) is 0.560. The van der Waals surface area contributed by atoms with E-state index in [1.807, 2.05) is 4.90 Å². The largest absolute Gasteiger partial charge is 0.337 e. The minimum Gasteiger partial charge on any atom is -0.337 e. The van der Waals surface area contributed by atoms with Crippen LogP contribution in [-0.2, 0) is 11.3 Å². The molecule has 0 saturated carbocycles. The molecule has 29 heavy (non-hydrogen) atoms. The number of hydrogen-bond acceptors (Lipinski definition) is 3. The number of nitrogens with two attached hydrogens (primary N) is 2. The highest BCUT2D eigenvalue weighted by molar-refractivity contribution is 5.86. The summed E-state index contributed by atoms with van der Waals surface area (Å²) in [6, 6.07) is 14.3. The van der Waals surface area contributed by atoms with Crippen molar-refractivity contribution in [1.82, 2.24) is 4.90 Å². The molecule has 1 amide bonds. The first-order valence-corrected chi connectivity index (χ1v) is 11.4. The maximum Gasteiger partial charge on any atom is 0.239 e. The van der Waals surface area contributed by atoms with Gasteiger partial charge in [0.1, 0.15) is 0 Å². The fourth-order valence-electron chi connectivity index (χ4n) is 3.85. The molecule has 0 radical (unpaired) electrons. The number of unbranched alkanes of at least 4 members (excludes halogenated alkanes) is 6. The van der Waals surface area contributed by atoms with Gasteiger partial charge >= 0.3 is 0 Å². The van der Waals surface area contributed by atoms with Gasteiger partial charge in [-0.2, -0.15) is 0 Å². The lowest BCUT2D eigenvalue weighted by Crippen LogP contribution is -2.43. The van der Waals surface area contributed by atoms with Crippen molar-refractivity contribution < 1.29 is 4.79 Å². The summed E-state index contributed by atoms with van der Waals surface area (Å²) in [5.41, 5.74) is 13.0. The predicted octanol–water partition coefficient (Wildman–Crippen LogP) is 4.99. The number of nitrogens with zero attached hydrogens (tertiary/aromatic N) is 1. The van der Waals surface area contributed by atoms with Crippen LogP contribution in [0.25, 0.3) is 10.8 Å². The average molecular weight is 398 g/mol. The third-order valence-corrected chi connectivity index (χ3v) is 5.62. The van der Waals surface area contributed by atoms with E-state index in [0.717, 1.165) is 25.8 Å². The van der Waals surface area contributed by atoms with Crippen LogP contribution in [0.3, 0.4) is 0 Å². The zero-order valence-electron chi connectivity index (χ0n) is 18.1. The van der Waals surface area contributed by atoms with Crippen molar-refractivity contribution in [2.75, 3.05) is 13.1 Å². The summed E-state index contributed by atoms with van der Waals surface area (Å²) in [5, 5.41) is 2.43. The summed E-state index contributed by atoms with van der Waals surface area (Å²) in [7, 11) is 0. The second kappa shape index (κ2) is 13.3. The molecule has 4 nitrogen and oxygen atoms in total. The van der Waals surface area contributed by atoms with Gasteiger partial charge in [-0.15, -0.1) is 0 Å². The SMILES string of the molecule is CCCCCCCCN(Cc1cccc2ccccc12)C(=O)[C@@H](N)CCCCN. The van der Waals surface area contributed by atoms with Crippen LogP contribution in [0.15, 0.2) is 42.5 Å². The molecule has 4 heteroatoms. The number of fused-ring (bicyclic) bond motifs is 1. The first-order chi connectivity index (χ1) is 14.2. The molecule has 2 aromatic rings. The van der Waals surface area contributed by atoms with Crippen molar-refractivity contribution in [3.8, 4) is 0 Å². The Balaban J connectivity index is 2.05. The lowest BCUT2D eigenvalue weighted by atomic mass is 10.0. The third-order valence-electron chi connectivity index (χ3n) is 5.62. The van der Waals surface area contributed by atoms with Crippen LogP contribution in [0.2, 0.25) is 0 Å². The number of carbonyl (C=O) groups excluding carboxylic acids is 1. The van der Waals surface area contributed by atoms with E-state index in [1.54, 1.807) is 0 Å². The van der Waals surface area contributed by atoms with Crippen molar-refractivity contribution >= 4 is 16.7 Å². The number of carbonyl (C=O) groups is 1. The van der Waals surface area contributed by atoms with Gasteiger partial charge in [0.15, 0.2) is 0 Å². The molecule has 0 spiro atoms. The Bertz CT molecular complexity index is 726. The molecule has 0 unspecified atom stereocenters. The second-order valence-electron chi connectivity index (χ2n) is 8.06. The summed E-state index contributed by atoms with van der Waals surface area (Å²) in [6.45, 7) is 4.29. The Morgan fingerprint density at radius 3 is 2.45 bits per heavy atom. The summed E-state index contributed by atoms with van der Waals surface area (Å²) in [5.74, 6) is 0.0727. The molecule has 0 aliphatic rings. The lowest BCUT2D eigenvalue weighted by Gasteiger charge is -2.26. The van der Waals surface area contributed by atoms with Crippen molar-refractivity contribution in [3.63, 3.8) is 0 Å². The Morgan fingerprint density at radius 2 is 1.66 bits per heavy atom. The summed E-state index contributed by atoms with van der Waals surface area (Å²) >= 11 is 0. The highest BCUT2D eigenvalue weighted by Gasteiger charge is 2.21. The molecule has 0 aliphatic carbocycles. The highest BCUT2D eigenvalue weighted by atomic mass is 16.2. The van der Waals surface area contributed by atoms with Crippen LogP contribution < -0.4 is 11.5 Å². The van der Waals surface area contributed by atoms with E-state index in [0.29, 0.717) is 19.5 Å². The Labute approximate surface area is 176 Å². The molecule has 0 fully saturated rings. The second-order valence-corrected chi connectivity index (χ2v) is 8.06. The molecule has 1 atom stereocenters. The smallest absolute Gasteiger partial charge is 0.239 e. The minimum atomic E-state index is -0.434. The molecule has 4 N–H and O–H groups in total. The van der Waals surface area contributed by atoms with Crippen LogP contribution in [-0.4, -0.2) is 29.9 Å². The van der Waals surface area contributed by atoms with Crippen LogP contribution >= 0.6 is 0 Å². The third kappa shape index (κ3) is 7.79. The first-order valence-electron chi connectivity index (χ1n) is 11.4. The average Bonchev–Trinajstić information content (AvgIpc) is 2.75. The van der Waals surface area contributed by atoms with Gasteiger partial charge in [-0.05, 0) is 42.1 Å². The van der Waals surface area contributed by atoms with Crippen molar-refractivity contribution in [3.05, 3.63) is 48.0 Å². The molecular formula is C25H39N3O. The number of rotatable bonds is 14. The number of hydrogen-bond donors (Lipinski definition) is 2. The summed E-state index contributed by atoms with van der Waals surface area (Å²) < 4.78 is 0. The van der Waals surface area contributed by atoms with Gasteiger partial charge in [-0.1, -0.05) is 87.9 Å². The molecule has 160 valence electrons. The summed E-state index contributed by atoms with van der Waals surface area (Å²) in [6.07, 6.45) is 9.81. The quantitative estimate of drug-likeness (QED) is 0.441. The molecule has 0 saturated heterocycles. The molecule has 0 aliphatic heterocycles. The Kier molecular flexibility index (Phi) is 10.7. The standard InChI is InChI=1S/C25H39N3O/c1-2-3-4-5-6-11-19-28(25(29)24(27)17-9-10-18-26)20-22-15-12-14-21-13-7-8-16-23(21)22/h7-8,12-16,24H,2-6,9-11,17-20,26-27H2,1H3/t24-/m0/s1. The zero-order valence-corrected chi connectivity index (χ0v) is 18.1. The van der Waals surface area contributed by atoms with Gasteiger partial charge in [0.2, 0.25) is 5.91 Å². The van der Waals surface area contributed by atoms with E-state index < -0.39 is 6.04 Å². The first kappa shape index (κ1) is 23.4. The molecule has 2 aromatic carbocycles. The van der Waals surface area contributed by atoms with Crippen LogP contribution in [0.5, 0.6) is 0 Å². The van der Waals surface area contributed by atoms with Crippen molar-refractivity contribution in [2.24, 2.45) is 11.5 Å². The maximum atomic E-state index is 13.1. The van der Waals surface area contributed by atoms with Gasteiger partial charge in [0.25, 0.3) is 0 Å². The monoisotopic (exact) mass is 397 g/mol. The topological polar surface area (TPSA) is 72.3 Å². The van der Waals surface area contributed by atoms with Crippen molar-refractivity contribution in [1.29, 1.82) is 0 Å². The van der Waals surface area contributed by atoms with Gasteiger partial charge in [0.05, 0.1) is 6.04 Å². The van der Waals surface area contributed by atoms with Crippen molar-refractivity contribution in [2.45, 2.75) is 77.3 Å². The van der Waals surface area contributed by atoms with Gasteiger partial charge in [-0.25, -0.2) is 0 Å².